The van der Waals surface area contributed by atoms with Crippen molar-refractivity contribution in [3.8, 4) is 10.7 Å². The molecule has 1 aliphatic heterocycles. The minimum Gasteiger partial charge on any atom is -0.334 e. The lowest BCUT2D eigenvalue weighted by Crippen LogP contribution is -2.45. The fourth-order valence-electron chi connectivity index (χ4n) is 4.27. The van der Waals surface area contributed by atoms with E-state index in [-0.39, 0.29) is 6.03 Å². The molecule has 7 heteroatoms. The monoisotopic (exact) mass is 470 g/mol. The van der Waals surface area contributed by atoms with Gasteiger partial charge in [0.05, 0.1) is 23.0 Å². The van der Waals surface area contributed by atoms with E-state index in [0.29, 0.717) is 18.3 Å². The van der Waals surface area contributed by atoms with E-state index in [1.807, 2.05) is 55.6 Å². The lowest BCUT2D eigenvalue weighted by Gasteiger charge is -2.35. The summed E-state index contributed by atoms with van der Waals surface area (Å²) in [5, 5.41) is 9.40. The zero-order valence-electron chi connectivity index (χ0n) is 19.6. The number of amides is 2. The smallest absolute Gasteiger partial charge is 0.322 e. The van der Waals surface area contributed by atoms with Crippen molar-refractivity contribution in [1.29, 1.82) is 0 Å². The van der Waals surface area contributed by atoms with Gasteiger partial charge in [-0.2, -0.15) is 4.98 Å². The average Bonchev–Trinajstić information content (AvgIpc) is 3.50. The van der Waals surface area contributed by atoms with Crippen LogP contribution in [0.4, 0.5) is 4.79 Å². The van der Waals surface area contributed by atoms with Gasteiger partial charge in [-0.25, -0.2) is 4.79 Å². The number of hydrogen-bond donors (Lipinski definition) is 1. The maximum atomic E-state index is 13.3. The number of urea groups is 1. The quantitative estimate of drug-likeness (QED) is 0.365. The molecule has 5 rings (SSSR count). The molecule has 6 nitrogen and oxygen atoms in total. The summed E-state index contributed by atoms with van der Waals surface area (Å²) in [6.07, 6.45) is 0. The van der Waals surface area contributed by atoms with Crippen LogP contribution in [0.5, 0.6) is 0 Å². The molecule has 0 fully saturated rings. The fraction of sp³-hybridized carbons (Fsp3) is 0.222. The van der Waals surface area contributed by atoms with Crippen LogP contribution in [0.2, 0.25) is 0 Å². The molecule has 3 heterocycles. The highest BCUT2D eigenvalue weighted by Crippen LogP contribution is 2.38. The van der Waals surface area contributed by atoms with Gasteiger partial charge in [0.25, 0.3) is 5.89 Å². The maximum absolute atomic E-state index is 13.3. The van der Waals surface area contributed by atoms with Crippen LogP contribution in [0, 0.1) is 20.8 Å². The molecule has 0 aliphatic carbocycles. The number of aryl methyl sites for hydroxylation is 3. The highest BCUT2D eigenvalue weighted by Gasteiger charge is 2.36. The molecule has 34 heavy (non-hydrogen) atoms. The third kappa shape index (κ3) is 4.15. The van der Waals surface area contributed by atoms with Crippen LogP contribution in [-0.2, 0) is 6.54 Å². The number of nitrogens with one attached hydrogen (secondary N) is 1. The van der Waals surface area contributed by atoms with Gasteiger partial charge >= 0.3 is 6.03 Å². The summed E-state index contributed by atoms with van der Waals surface area (Å²) < 4.78 is 5.77. The van der Waals surface area contributed by atoms with E-state index in [4.69, 9.17) is 9.51 Å². The molecule has 0 spiro atoms. The molecule has 2 amide bonds. The summed E-state index contributed by atoms with van der Waals surface area (Å²) >= 11 is 1.56. The Kier molecular flexibility index (Phi) is 5.79. The molecule has 0 saturated carbocycles. The third-order valence-electron chi connectivity index (χ3n) is 6.28. The van der Waals surface area contributed by atoms with Crippen LogP contribution in [0.1, 0.15) is 46.7 Å². The summed E-state index contributed by atoms with van der Waals surface area (Å²) in [4.78, 5) is 20.7. The molecule has 0 bridgehead atoms. The Bertz CT molecular complexity index is 1390. The summed E-state index contributed by atoms with van der Waals surface area (Å²) in [7, 11) is 0. The first-order valence-electron chi connectivity index (χ1n) is 11.2. The first kappa shape index (κ1) is 22.1. The number of benzene rings is 2. The molecule has 1 unspecified atom stereocenters. The number of nitrogens with zero attached hydrogens (tertiary/aromatic N) is 3. The van der Waals surface area contributed by atoms with E-state index in [2.05, 4.69) is 42.5 Å². The van der Waals surface area contributed by atoms with Crippen LogP contribution in [0.3, 0.4) is 0 Å². The SMILES string of the molecule is CC1=C(c2nc(-c3cccs3)no2)C(c2ccc(C)c(C)c2)NC(=O)N1Cc1cccc(C)c1. The first-order valence-corrected chi connectivity index (χ1v) is 12.1. The van der Waals surface area contributed by atoms with Crippen molar-refractivity contribution in [3.63, 3.8) is 0 Å². The van der Waals surface area contributed by atoms with E-state index in [1.165, 1.54) is 5.56 Å². The minimum absolute atomic E-state index is 0.149. The topological polar surface area (TPSA) is 71.3 Å². The number of rotatable bonds is 5. The molecule has 0 radical (unpaired) electrons. The van der Waals surface area contributed by atoms with Crippen LogP contribution < -0.4 is 5.32 Å². The molecule has 0 saturated heterocycles. The largest absolute Gasteiger partial charge is 0.334 e. The fourth-order valence-corrected chi connectivity index (χ4v) is 4.92. The molecule has 172 valence electrons. The lowest BCUT2D eigenvalue weighted by molar-refractivity contribution is 0.203. The average molecular weight is 471 g/mol. The number of allylic oxidation sites excluding steroid dienone is 1. The van der Waals surface area contributed by atoms with E-state index in [0.717, 1.165) is 38.4 Å². The van der Waals surface area contributed by atoms with E-state index in [9.17, 15) is 4.79 Å². The predicted octanol–water partition coefficient (Wildman–Crippen LogP) is 6.42. The summed E-state index contributed by atoms with van der Waals surface area (Å²) in [6.45, 7) is 8.61. The maximum Gasteiger partial charge on any atom is 0.322 e. The van der Waals surface area contributed by atoms with Crippen molar-refractivity contribution >= 4 is 22.9 Å². The molecule has 1 atom stereocenters. The second kappa shape index (κ2) is 8.91. The van der Waals surface area contributed by atoms with Gasteiger partial charge in [-0.05, 0) is 61.4 Å². The van der Waals surface area contributed by atoms with Crippen molar-refractivity contribution in [1.82, 2.24) is 20.4 Å². The Morgan fingerprint density at radius 1 is 1.03 bits per heavy atom. The van der Waals surface area contributed by atoms with Gasteiger partial charge < -0.3 is 9.84 Å². The zero-order chi connectivity index (χ0) is 23.8. The van der Waals surface area contributed by atoms with Crippen molar-refractivity contribution in [2.75, 3.05) is 0 Å². The zero-order valence-corrected chi connectivity index (χ0v) is 20.4. The molecule has 2 aromatic carbocycles. The standard InChI is InChI=1S/C27H26N4O2S/c1-16-7-5-8-20(13-16)15-31-19(4)23(26-29-25(30-33-26)22-9-6-12-34-22)24(28-27(31)32)21-11-10-17(2)18(3)14-21/h5-14,24H,15H2,1-4H3,(H,28,32). The Morgan fingerprint density at radius 3 is 2.62 bits per heavy atom. The van der Waals surface area contributed by atoms with E-state index < -0.39 is 6.04 Å². The molecule has 1 N–H and O–H groups in total. The van der Waals surface area contributed by atoms with Crippen molar-refractivity contribution in [2.24, 2.45) is 0 Å². The number of thiophene rings is 1. The molecular weight excluding hydrogens is 444 g/mol. The van der Waals surface area contributed by atoms with Crippen molar-refractivity contribution < 1.29 is 9.32 Å². The second-order valence-electron chi connectivity index (χ2n) is 8.70. The first-order chi connectivity index (χ1) is 16.4. The number of carbonyl (C=O) groups is 1. The molecule has 1 aliphatic rings. The van der Waals surface area contributed by atoms with Crippen molar-refractivity contribution in [2.45, 2.75) is 40.3 Å². The Balaban J connectivity index is 1.61. The Labute approximate surface area is 202 Å². The highest BCUT2D eigenvalue weighted by atomic mass is 32.1. The van der Waals surface area contributed by atoms with E-state index in [1.54, 1.807) is 16.2 Å². The number of aromatic nitrogens is 2. The summed E-state index contributed by atoms with van der Waals surface area (Å²) in [5.74, 6) is 0.963. The summed E-state index contributed by atoms with van der Waals surface area (Å²) in [5.41, 5.74) is 7.17. The molecule has 2 aromatic heterocycles. The Hall–Kier alpha value is -3.71. The van der Waals surface area contributed by atoms with E-state index >= 15 is 0 Å². The van der Waals surface area contributed by atoms with Gasteiger partial charge in [0.2, 0.25) is 5.82 Å². The third-order valence-corrected chi connectivity index (χ3v) is 7.15. The van der Waals surface area contributed by atoms with Gasteiger partial charge in [0, 0.05) is 5.70 Å². The summed E-state index contributed by atoms with van der Waals surface area (Å²) in [6, 6.07) is 17.8. The van der Waals surface area contributed by atoms with Gasteiger partial charge in [-0.1, -0.05) is 59.3 Å². The highest BCUT2D eigenvalue weighted by molar-refractivity contribution is 7.13. The Morgan fingerprint density at radius 2 is 1.88 bits per heavy atom. The molecule has 4 aromatic rings. The van der Waals surface area contributed by atoms with Gasteiger partial charge in [0.1, 0.15) is 0 Å². The normalized spacial score (nSPS) is 16.2. The van der Waals surface area contributed by atoms with Crippen LogP contribution in [0.25, 0.3) is 16.3 Å². The number of carbonyl (C=O) groups excluding carboxylic acids is 1. The van der Waals surface area contributed by atoms with Crippen LogP contribution in [-0.4, -0.2) is 21.1 Å². The molecular formula is C27H26N4O2S. The lowest BCUT2D eigenvalue weighted by atomic mass is 9.92. The van der Waals surface area contributed by atoms with Crippen LogP contribution in [0.15, 0.2) is 70.2 Å². The van der Waals surface area contributed by atoms with Crippen molar-refractivity contribution in [3.05, 3.63) is 99.4 Å². The van der Waals surface area contributed by atoms with Gasteiger partial charge in [-0.15, -0.1) is 11.3 Å². The minimum atomic E-state index is -0.391. The second-order valence-corrected chi connectivity index (χ2v) is 9.65. The number of hydrogen-bond acceptors (Lipinski definition) is 5. The van der Waals surface area contributed by atoms with Crippen LogP contribution >= 0.6 is 11.3 Å². The van der Waals surface area contributed by atoms with Gasteiger partial charge in [-0.3, -0.25) is 4.90 Å². The van der Waals surface area contributed by atoms with Gasteiger partial charge in [0.15, 0.2) is 0 Å². The predicted molar refractivity (Wildman–Crippen MR) is 134 cm³/mol.